The van der Waals surface area contributed by atoms with Crippen LogP contribution in [0.1, 0.15) is 102 Å². The number of nitrogens with one attached hydrogen (secondary N) is 2. The van der Waals surface area contributed by atoms with Crippen molar-refractivity contribution in [2.45, 2.75) is 105 Å². The third-order valence-electron chi connectivity index (χ3n) is 4.70. The van der Waals surface area contributed by atoms with E-state index < -0.39 is 0 Å². The first kappa shape index (κ1) is 29.8. The highest BCUT2D eigenvalue weighted by Gasteiger charge is 2.25. The minimum absolute atomic E-state index is 0. The van der Waals surface area contributed by atoms with Crippen molar-refractivity contribution in [1.82, 2.24) is 10.6 Å². The number of carbonyl (C=O) groups is 3. The van der Waals surface area contributed by atoms with Crippen LogP contribution in [0.5, 0.6) is 0 Å². The Morgan fingerprint density at radius 3 is 2.03 bits per heavy atom. The SMILES string of the molecule is CC.CC.CCOCCCNC(=O)CCCC(=O)NC1CCC(C(=O)CC)CC1.[HH].[HH]. The Morgan fingerprint density at radius 2 is 1.48 bits per heavy atom. The van der Waals surface area contributed by atoms with Gasteiger partial charge < -0.3 is 15.4 Å². The fourth-order valence-electron chi connectivity index (χ4n) is 3.19. The molecular weight excluding hydrogens is 368 g/mol. The van der Waals surface area contributed by atoms with Crippen molar-refractivity contribution in [1.29, 1.82) is 0 Å². The van der Waals surface area contributed by atoms with E-state index in [1.165, 1.54) is 0 Å². The summed E-state index contributed by atoms with van der Waals surface area (Å²) in [5, 5.41) is 5.87. The summed E-state index contributed by atoms with van der Waals surface area (Å²) in [5.74, 6) is 0.527. The minimum atomic E-state index is -0.0112. The van der Waals surface area contributed by atoms with Crippen molar-refractivity contribution in [3.63, 3.8) is 0 Å². The monoisotopic (exact) mass is 418 g/mol. The molecule has 0 aromatic carbocycles. The van der Waals surface area contributed by atoms with Crippen LogP contribution < -0.4 is 10.6 Å². The van der Waals surface area contributed by atoms with Gasteiger partial charge in [-0.1, -0.05) is 34.6 Å². The summed E-state index contributed by atoms with van der Waals surface area (Å²) in [7, 11) is 0. The van der Waals surface area contributed by atoms with E-state index in [0.717, 1.165) is 32.1 Å². The molecule has 0 spiro atoms. The van der Waals surface area contributed by atoms with Gasteiger partial charge in [0.2, 0.25) is 11.8 Å². The Morgan fingerprint density at radius 1 is 0.897 bits per heavy atom. The van der Waals surface area contributed by atoms with Crippen molar-refractivity contribution in [2.24, 2.45) is 5.92 Å². The maximum absolute atomic E-state index is 12.0. The van der Waals surface area contributed by atoms with E-state index in [4.69, 9.17) is 4.74 Å². The van der Waals surface area contributed by atoms with Crippen LogP contribution in [0.15, 0.2) is 0 Å². The molecule has 0 atom stereocenters. The quantitative estimate of drug-likeness (QED) is 0.442. The van der Waals surface area contributed by atoms with Crippen LogP contribution in [0, 0.1) is 5.92 Å². The molecule has 1 saturated carbocycles. The van der Waals surface area contributed by atoms with E-state index in [1.54, 1.807) is 0 Å². The molecular formula is C23H50N2O4. The molecule has 0 aliphatic heterocycles. The summed E-state index contributed by atoms with van der Waals surface area (Å²) in [5.41, 5.74) is 0. The van der Waals surface area contributed by atoms with Crippen LogP contribution in [-0.2, 0) is 19.1 Å². The van der Waals surface area contributed by atoms with Gasteiger partial charge in [-0.25, -0.2) is 0 Å². The predicted molar refractivity (Wildman–Crippen MR) is 124 cm³/mol. The normalized spacial score (nSPS) is 17.7. The first-order valence-electron chi connectivity index (χ1n) is 11.7. The molecule has 0 aromatic rings. The summed E-state index contributed by atoms with van der Waals surface area (Å²) in [6.07, 6.45) is 6.24. The van der Waals surface area contributed by atoms with Crippen molar-refractivity contribution < 1.29 is 22.0 Å². The van der Waals surface area contributed by atoms with Gasteiger partial charge in [0.15, 0.2) is 0 Å². The van der Waals surface area contributed by atoms with Gasteiger partial charge in [-0.2, -0.15) is 0 Å². The Balaban J connectivity index is -0.000000572. The molecule has 1 fully saturated rings. The largest absolute Gasteiger partial charge is 0.382 e. The van der Waals surface area contributed by atoms with Gasteiger partial charge in [0.1, 0.15) is 5.78 Å². The fraction of sp³-hybridized carbons (Fsp3) is 0.870. The number of ketones is 1. The van der Waals surface area contributed by atoms with Crippen LogP contribution in [-0.4, -0.2) is 43.4 Å². The first-order chi connectivity index (χ1) is 14.1. The fourth-order valence-corrected chi connectivity index (χ4v) is 3.19. The summed E-state index contributed by atoms with van der Waals surface area (Å²) < 4.78 is 5.20. The van der Waals surface area contributed by atoms with E-state index >= 15 is 0 Å². The van der Waals surface area contributed by atoms with Crippen molar-refractivity contribution in [3.8, 4) is 0 Å². The summed E-state index contributed by atoms with van der Waals surface area (Å²) in [4.78, 5) is 35.3. The van der Waals surface area contributed by atoms with Crippen LogP contribution in [0.2, 0.25) is 0 Å². The average Bonchev–Trinajstić information content (AvgIpc) is 2.76. The second-order valence-corrected chi connectivity index (χ2v) is 6.69. The zero-order valence-corrected chi connectivity index (χ0v) is 19.8. The van der Waals surface area contributed by atoms with Crippen LogP contribution in [0.4, 0.5) is 0 Å². The molecule has 1 aliphatic carbocycles. The summed E-state index contributed by atoms with van der Waals surface area (Å²) in [6, 6.07) is 0.181. The predicted octanol–water partition coefficient (Wildman–Crippen LogP) is 4.90. The zero-order valence-electron chi connectivity index (χ0n) is 19.8. The standard InChI is InChI=1S/C19H34N2O4.2C2H6.2H2/c1-3-17(22)15-9-11-16(12-10-15)21-19(24)8-5-7-18(23)20-13-6-14-25-4-2;2*1-2;;/h15-16H,3-14H2,1-2H3,(H,20,23)(H,21,24);2*1-2H3;2*1H. The van der Waals surface area contributed by atoms with E-state index in [9.17, 15) is 14.4 Å². The molecule has 1 rings (SSSR count). The van der Waals surface area contributed by atoms with Gasteiger partial charge in [0, 0.05) is 53.8 Å². The Kier molecular flexibility index (Phi) is 21.8. The molecule has 6 nitrogen and oxygen atoms in total. The van der Waals surface area contributed by atoms with Crippen molar-refractivity contribution in [2.75, 3.05) is 19.8 Å². The molecule has 2 amide bonds. The number of carbonyl (C=O) groups excluding carboxylic acids is 3. The molecule has 176 valence electrons. The van der Waals surface area contributed by atoms with Crippen LogP contribution in [0.3, 0.4) is 0 Å². The minimum Gasteiger partial charge on any atom is -0.382 e. The number of amides is 2. The van der Waals surface area contributed by atoms with Gasteiger partial charge >= 0.3 is 0 Å². The van der Waals surface area contributed by atoms with Gasteiger partial charge in [-0.15, -0.1) is 0 Å². The molecule has 1 aliphatic rings. The highest BCUT2D eigenvalue weighted by Crippen LogP contribution is 2.25. The van der Waals surface area contributed by atoms with Gasteiger partial charge in [-0.3, -0.25) is 14.4 Å². The molecule has 29 heavy (non-hydrogen) atoms. The number of rotatable bonds is 12. The average molecular weight is 419 g/mol. The zero-order chi connectivity index (χ0) is 22.5. The van der Waals surface area contributed by atoms with Crippen LogP contribution in [0.25, 0.3) is 0 Å². The first-order valence-corrected chi connectivity index (χ1v) is 11.7. The number of Topliss-reactive ketones (excluding diaryl/α,β-unsaturated/α-hetero) is 1. The molecule has 0 radical (unpaired) electrons. The van der Waals surface area contributed by atoms with Gasteiger partial charge in [-0.05, 0) is 45.4 Å². The highest BCUT2D eigenvalue weighted by molar-refractivity contribution is 5.81. The third-order valence-corrected chi connectivity index (χ3v) is 4.70. The van der Waals surface area contributed by atoms with E-state index in [-0.39, 0.29) is 26.6 Å². The highest BCUT2D eigenvalue weighted by atomic mass is 16.5. The molecule has 0 unspecified atom stereocenters. The Hall–Kier alpha value is -1.43. The lowest BCUT2D eigenvalue weighted by atomic mass is 9.83. The molecule has 2 N–H and O–H groups in total. The van der Waals surface area contributed by atoms with E-state index in [2.05, 4.69) is 10.6 Å². The second-order valence-electron chi connectivity index (χ2n) is 6.69. The third kappa shape index (κ3) is 16.1. The lowest BCUT2D eigenvalue weighted by Crippen LogP contribution is -2.38. The second kappa shape index (κ2) is 21.3. The summed E-state index contributed by atoms with van der Waals surface area (Å²) >= 11 is 0. The Bertz CT molecular complexity index is 430. The smallest absolute Gasteiger partial charge is 0.220 e. The van der Waals surface area contributed by atoms with E-state index in [0.29, 0.717) is 51.2 Å². The maximum atomic E-state index is 12.0. The number of hydrogen-bond donors (Lipinski definition) is 2. The van der Waals surface area contributed by atoms with E-state index in [1.807, 2.05) is 41.5 Å². The lowest BCUT2D eigenvalue weighted by molar-refractivity contribution is -0.123. The number of ether oxygens (including phenoxy) is 1. The maximum Gasteiger partial charge on any atom is 0.220 e. The van der Waals surface area contributed by atoms with Crippen molar-refractivity contribution in [3.05, 3.63) is 0 Å². The molecule has 0 heterocycles. The van der Waals surface area contributed by atoms with Crippen molar-refractivity contribution >= 4 is 17.6 Å². The molecule has 6 heteroatoms. The number of hydrogen-bond acceptors (Lipinski definition) is 4. The molecule has 0 saturated heterocycles. The molecule has 0 aromatic heterocycles. The summed E-state index contributed by atoms with van der Waals surface area (Å²) in [6.45, 7) is 13.8. The topological polar surface area (TPSA) is 84.5 Å². The van der Waals surface area contributed by atoms with Crippen LogP contribution >= 0.6 is 0 Å². The molecule has 0 bridgehead atoms. The lowest BCUT2D eigenvalue weighted by Gasteiger charge is -2.28. The van der Waals surface area contributed by atoms with Gasteiger partial charge in [0.05, 0.1) is 0 Å². The Labute approximate surface area is 181 Å². The van der Waals surface area contributed by atoms with Gasteiger partial charge in [0.25, 0.3) is 0 Å².